The molecule has 7 heteroatoms. The van der Waals surface area contributed by atoms with E-state index in [4.69, 9.17) is 22.6 Å². The summed E-state index contributed by atoms with van der Waals surface area (Å²) >= 11 is 0. The van der Waals surface area contributed by atoms with Crippen LogP contribution in [0.1, 0.15) is 53.3 Å². The largest absolute Gasteiger partial charge is 1.00 e. The Labute approximate surface area is 142 Å². The fourth-order valence-electron chi connectivity index (χ4n) is 1.07. The number of hydrogen-bond acceptors (Lipinski definition) is 3. The Morgan fingerprint density at radius 2 is 1.25 bits per heavy atom. The van der Waals surface area contributed by atoms with Gasteiger partial charge < -0.3 is 6.53 Å². The second-order valence-electron chi connectivity index (χ2n) is 3.29. The molecule has 0 saturated carbocycles. The van der Waals surface area contributed by atoms with Gasteiger partial charge in [0.2, 0.25) is 0 Å². The van der Waals surface area contributed by atoms with E-state index in [1.165, 1.54) is 38.5 Å². The zero-order valence-corrected chi connectivity index (χ0v) is 14.2. The molecule has 0 aliphatic rings. The number of rotatable bonds is 7. The van der Waals surface area contributed by atoms with Gasteiger partial charge in [0.05, 0.1) is 0 Å². The van der Waals surface area contributed by atoms with Gasteiger partial charge in [-0.05, 0) is 6.42 Å². The molecule has 0 aliphatic carbocycles. The topological polar surface area (TPSA) is 94.8 Å². The minimum Gasteiger partial charge on any atom is -1.00 e. The zero-order chi connectivity index (χ0) is 12.2. The van der Waals surface area contributed by atoms with Crippen LogP contribution < -0.4 is 51.4 Å². The molecule has 0 heterocycles. The minimum atomic E-state index is -4.67. The van der Waals surface area contributed by atoms with Gasteiger partial charge in [0.25, 0.3) is 0 Å². The summed E-state index contributed by atoms with van der Waals surface area (Å²) in [5.41, 5.74) is 0. The van der Waals surface area contributed by atoms with Crippen LogP contribution in [-0.2, 0) is 10.4 Å². The molecule has 0 radical (unpaired) electrons. The van der Waals surface area contributed by atoms with Crippen molar-refractivity contribution in [3.63, 3.8) is 0 Å². The van der Waals surface area contributed by atoms with Crippen LogP contribution in [0.25, 0.3) is 0 Å². The van der Waals surface area contributed by atoms with E-state index in [1.54, 1.807) is 0 Å². The summed E-state index contributed by atoms with van der Waals surface area (Å²) in [6.45, 7) is 2.60. The van der Waals surface area contributed by atoms with Crippen molar-refractivity contribution in [2.75, 3.05) is 6.61 Å². The van der Waals surface area contributed by atoms with Crippen LogP contribution in [0.4, 0.5) is 0 Å². The molecule has 0 spiro atoms. The van der Waals surface area contributed by atoms with Gasteiger partial charge in [-0.25, -0.2) is 0 Å². The minimum absolute atomic E-state index is 0. The summed E-state index contributed by atoms with van der Waals surface area (Å²) in [7, 11) is -4.67. The van der Waals surface area contributed by atoms with Crippen molar-refractivity contribution in [2.24, 2.45) is 0 Å². The Kier molecular flexibility index (Phi) is 23.3. The SMILES string of the molecule is CCCCCCCCCO.O=S(=O)(O)O.[H-].[K+]. The van der Waals surface area contributed by atoms with E-state index in [0.717, 1.165) is 6.42 Å². The maximum Gasteiger partial charge on any atom is 1.00 e. The number of hydrogen-bond donors (Lipinski definition) is 3. The van der Waals surface area contributed by atoms with Crippen molar-refractivity contribution in [2.45, 2.75) is 51.9 Å². The molecule has 0 fully saturated rings. The summed E-state index contributed by atoms with van der Waals surface area (Å²) in [6, 6.07) is 0. The molecule has 0 atom stereocenters. The van der Waals surface area contributed by atoms with Crippen molar-refractivity contribution >= 4 is 10.4 Å². The number of unbranched alkanes of at least 4 members (excludes halogenated alkanes) is 6. The first-order valence-electron chi connectivity index (χ1n) is 5.22. The van der Waals surface area contributed by atoms with E-state index in [1.807, 2.05) is 0 Å². The van der Waals surface area contributed by atoms with Crippen molar-refractivity contribution in [1.29, 1.82) is 0 Å². The average molecular weight is 282 g/mol. The normalized spacial score (nSPS) is 10.0. The molecule has 5 nitrogen and oxygen atoms in total. The molecule has 96 valence electrons. The van der Waals surface area contributed by atoms with Crippen molar-refractivity contribution in [3.8, 4) is 0 Å². The van der Waals surface area contributed by atoms with Crippen LogP contribution in [-0.4, -0.2) is 29.2 Å². The third-order valence-corrected chi connectivity index (χ3v) is 1.76. The molecule has 3 N–H and O–H groups in total. The van der Waals surface area contributed by atoms with Gasteiger partial charge in [-0.15, -0.1) is 0 Å². The molecule has 0 amide bonds. The Morgan fingerprint density at radius 3 is 1.56 bits per heavy atom. The number of aliphatic hydroxyl groups is 1. The van der Waals surface area contributed by atoms with Gasteiger partial charge in [0.15, 0.2) is 0 Å². The predicted octanol–water partition coefficient (Wildman–Crippen LogP) is -0.807. The maximum absolute atomic E-state index is 8.74. The summed E-state index contributed by atoms with van der Waals surface area (Å²) in [5.74, 6) is 0. The molecule has 16 heavy (non-hydrogen) atoms. The van der Waals surface area contributed by atoms with Crippen molar-refractivity contribution in [3.05, 3.63) is 0 Å². The molecule has 0 bridgehead atoms. The summed E-state index contributed by atoms with van der Waals surface area (Å²) in [4.78, 5) is 0. The summed E-state index contributed by atoms with van der Waals surface area (Å²) in [6.07, 6.45) is 8.93. The van der Waals surface area contributed by atoms with E-state index in [2.05, 4.69) is 6.92 Å². The first-order valence-corrected chi connectivity index (χ1v) is 6.62. The second kappa shape index (κ2) is 16.5. The average Bonchev–Trinajstić information content (AvgIpc) is 2.08. The van der Waals surface area contributed by atoms with Crippen molar-refractivity contribution in [1.82, 2.24) is 0 Å². The Hall–Kier alpha value is 1.47. The molecule has 0 saturated heterocycles. The van der Waals surface area contributed by atoms with Gasteiger partial charge in [-0.2, -0.15) is 8.42 Å². The first-order chi connectivity index (χ1) is 6.91. The molecular weight excluding hydrogens is 259 g/mol. The van der Waals surface area contributed by atoms with Crippen LogP contribution in [0.3, 0.4) is 0 Å². The van der Waals surface area contributed by atoms with Gasteiger partial charge >= 0.3 is 61.8 Å². The zero-order valence-electron chi connectivity index (χ0n) is 11.2. The second-order valence-corrected chi connectivity index (χ2v) is 4.19. The Morgan fingerprint density at radius 1 is 0.938 bits per heavy atom. The number of aliphatic hydroxyl groups excluding tert-OH is 1. The fraction of sp³-hybridized carbons (Fsp3) is 1.00. The molecular formula is C9H23KO5S. The molecule has 0 rings (SSSR count). The smallest absolute Gasteiger partial charge is 1.00 e. The fourth-order valence-corrected chi connectivity index (χ4v) is 1.07. The van der Waals surface area contributed by atoms with Gasteiger partial charge in [0, 0.05) is 6.61 Å². The van der Waals surface area contributed by atoms with Crippen LogP contribution >= 0.6 is 0 Å². The molecule has 0 aromatic heterocycles. The van der Waals surface area contributed by atoms with Gasteiger partial charge in [-0.1, -0.05) is 45.4 Å². The maximum atomic E-state index is 8.74. The first kappa shape index (κ1) is 22.6. The van der Waals surface area contributed by atoms with Crippen LogP contribution in [0.5, 0.6) is 0 Å². The third kappa shape index (κ3) is 45.2. The van der Waals surface area contributed by atoms with E-state index in [0.29, 0.717) is 6.61 Å². The van der Waals surface area contributed by atoms with Crippen LogP contribution in [0.15, 0.2) is 0 Å². The van der Waals surface area contributed by atoms with E-state index in [9.17, 15) is 0 Å². The Bertz CT molecular complexity index is 195. The van der Waals surface area contributed by atoms with Gasteiger partial charge in [-0.3, -0.25) is 9.11 Å². The van der Waals surface area contributed by atoms with E-state index < -0.39 is 10.4 Å². The standard InChI is InChI=1S/C9H20O.K.H2O4S.H/c1-2-3-4-5-6-7-8-9-10;;1-5(2,3)4;/h10H,2-9H2,1H3;;(H2,1,2,3,4);/q;+1;;-1. The molecule has 0 unspecified atom stereocenters. The predicted molar refractivity (Wildman–Crippen MR) is 60.4 cm³/mol. The third-order valence-electron chi connectivity index (χ3n) is 1.76. The van der Waals surface area contributed by atoms with E-state index >= 15 is 0 Å². The Balaban J connectivity index is -0.000000105. The quantitative estimate of drug-likeness (QED) is 0.323. The van der Waals surface area contributed by atoms with Crippen LogP contribution in [0.2, 0.25) is 0 Å². The summed E-state index contributed by atoms with van der Waals surface area (Å²) < 4.78 is 31.6. The van der Waals surface area contributed by atoms with Crippen molar-refractivity contribution < 1.29 is 75.4 Å². The van der Waals surface area contributed by atoms with Gasteiger partial charge in [0.1, 0.15) is 0 Å². The molecule has 0 aliphatic heterocycles. The summed E-state index contributed by atoms with van der Waals surface area (Å²) in [5, 5.41) is 8.47. The van der Waals surface area contributed by atoms with Crippen LogP contribution in [0, 0.1) is 0 Å². The molecule has 0 aromatic carbocycles. The van der Waals surface area contributed by atoms with E-state index in [-0.39, 0.29) is 52.8 Å². The monoisotopic (exact) mass is 282 g/mol. The molecule has 0 aromatic rings.